The summed E-state index contributed by atoms with van der Waals surface area (Å²) in [6.07, 6.45) is -17.2. The Hall–Kier alpha value is -1.92. The number of esters is 1. The molecule has 2 heterocycles. The van der Waals surface area contributed by atoms with Crippen LogP contribution >= 0.6 is 0 Å². The number of ketones is 1. The minimum absolute atomic E-state index is 0.00736. The highest BCUT2D eigenvalue weighted by molar-refractivity contribution is 5.97. The van der Waals surface area contributed by atoms with E-state index in [-0.39, 0.29) is 44.3 Å². The molecule has 5 aliphatic rings. The van der Waals surface area contributed by atoms with Gasteiger partial charge in [0, 0.05) is 18.8 Å². The Bertz CT molecular complexity index is 1050. The molecule has 0 aromatic heterocycles. The molecule has 0 aromatic rings. The van der Waals surface area contributed by atoms with Crippen LogP contribution in [0.25, 0.3) is 0 Å². The van der Waals surface area contributed by atoms with E-state index in [2.05, 4.69) is 0 Å². The summed E-state index contributed by atoms with van der Waals surface area (Å²) in [6.45, 7) is 1.42. The van der Waals surface area contributed by atoms with E-state index in [9.17, 15) is 55.5 Å². The van der Waals surface area contributed by atoms with Gasteiger partial charge in [0.1, 0.15) is 30.2 Å². The molecule has 5 rings (SSSR count). The van der Waals surface area contributed by atoms with Gasteiger partial charge < -0.3 is 64.9 Å². The van der Waals surface area contributed by atoms with Gasteiger partial charge in [-0.05, 0) is 39.0 Å². The van der Waals surface area contributed by atoms with Crippen LogP contribution in [0.4, 0.5) is 0 Å². The minimum Gasteiger partial charge on any atom is -0.489 e. The highest BCUT2D eigenvalue weighted by Gasteiger charge is 2.53. The van der Waals surface area contributed by atoms with Crippen LogP contribution in [0.1, 0.15) is 51.9 Å². The number of aliphatic hydroxyl groups excluding tert-OH is 9. The van der Waals surface area contributed by atoms with E-state index in [1.54, 1.807) is 0 Å². The Balaban J connectivity index is 1.45. The van der Waals surface area contributed by atoms with Gasteiger partial charge in [0.05, 0.1) is 54.6 Å². The van der Waals surface area contributed by atoms with Crippen molar-refractivity contribution in [1.82, 2.24) is 0 Å². The summed E-state index contributed by atoms with van der Waals surface area (Å²) in [7, 11) is 0. The molecule has 0 aromatic carbocycles. The van der Waals surface area contributed by atoms with Crippen LogP contribution in [0.2, 0.25) is 0 Å². The lowest BCUT2D eigenvalue weighted by Gasteiger charge is -2.45. The molecule has 0 spiro atoms. The molecule has 2 aliphatic heterocycles. The summed E-state index contributed by atoms with van der Waals surface area (Å²) in [5.74, 6) is -4.84. The Labute approximate surface area is 247 Å². The quantitative estimate of drug-likeness (QED) is 0.137. The number of allylic oxidation sites excluding steroid dienone is 2. The van der Waals surface area contributed by atoms with Crippen molar-refractivity contribution in [3.8, 4) is 0 Å². The van der Waals surface area contributed by atoms with E-state index >= 15 is 0 Å². The van der Waals surface area contributed by atoms with E-state index in [1.165, 1.54) is 6.92 Å². The Morgan fingerprint density at radius 1 is 0.767 bits per heavy atom. The number of rotatable bonds is 5. The predicted molar refractivity (Wildman–Crippen MR) is 139 cm³/mol. The van der Waals surface area contributed by atoms with Crippen LogP contribution in [0.5, 0.6) is 0 Å². The minimum atomic E-state index is -1.75. The first-order valence-electron chi connectivity index (χ1n) is 14.9. The first kappa shape index (κ1) is 32.5. The Kier molecular flexibility index (Phi) is 9.69. The highest BCUT2D eigenvalue weighted by atomic mass is 16.7. The Morgan fingerprint density at radius 2 is 1.44 bits per heavy atom. The maximum Gasteiger partial charge on any atom is 0.309 e. The van der Waals surface area contributed by atoms with Gasteiger partial charge in [-0.3, -0.25) is 9.59 Å². The molecular weight excluding hydrogens is 576 g/mol. The number of Topliss-reactive ketones (excluding diaryl/α,β-unsaturated/α-hetero) is 1. The number of carbonyl (C=O) groups excluding carboxylic acids is 2. The molecule has 3 aliphatic carbocycles. The fraction of sp³-hybridized carbons (Fsp3) is 0.857. The monoisotopic (exact) mass is 618 g/mol. The molecule has 15 nitrogen and oxygen atoms in total. The maximum absolute atomic E-state index is 13.9. The lowest BCUT2D eigenvalue weighted by Crippen LogP contribution is -2.60. The van der Waals surface area contributed by atoms with Crippen molar-refractivity contribution in [2.75, 3.05) is 0 Å². The van der Waals surface area contributed by atoms with Crippen LogP contribution in [-0.4, -0.2) is 137 Å². The predicted octanol–water partition coefficient (Wildman–Crippen LogP) is -3.29. The lowest BCUT2D eigenvalue weighted by atomic mass is 9.75. The van der Waals surface area contributed by atoms with Gasteiger partial charge in [-0.2, -0.15) is 0 Å². The Morgan fingerprint density at radius 3 is 2.09 bits per heavy atom. The SMILES string of the molecule is C[C@@H]1O[C@@H](OC2=C(C3CCC(O)C(O)C3)OC3CC(O)CC(O)C3C2=O)[C@H](OC(=O)C2CC(O)C(O)C(O)C2)[C@H](O)[C@H]1O. The van der Waals surface area contributed by atoms with Gasteiger partial charge in [-0.1, -0.05) is 0 Å². The zero-order valence-corrected chi connectivity index (χ0v) is 23.7. The van der Waals surface area contributed by atoms with Gasteiger partial charge in [0.2, 0.25) is 17.8 Å². The van der Waals surface area contributed by atoms with Crippen molar-refractivity contribution in [3.63, 3.8) is 0 Å². The van der Waals surface area contributed by atoms with Crippen molar-refractivity contribution < 1.29 is 74.5 Å². The van der Waals surface area contributed by atoms with Gasteiger partial charge in [-0.25, -0.2) is 0 Å². The second-order valence-corrected chi connectivity index (χ2v) is 12.6. The smallest absolute Gasteiger partial charge is 0.309 e. The molecule has 14 atom stereocenters. The first-order chi connectivity index (χ1) is 20.3. The van der Waals surface area contributed by atoms with Gasteiger partial charge in [-0.15, -0.1) is 0 Å². The largest absolute Gasteiger partial charge is 0.489 e. The molecule has 3 saturated carbocycles. The van der Waals surface area contributed by atoms with E-state index in [1.807, 2.05) is 0 Å². The number of hydrogen-bond acceptors (Lipinski definition) is 15. The fourth-order valence-corrected chi connectivity index (χ4v) is 6.88. The van der Waals surface area contributed by atoms with Gasteiger partial charge >= 0.3 is 5.97 Å². The number of fused-ring (bicyclic) bond motifs is 1. The van der Waals surface area contributed by atoms with E-state index in [0.29, 0.717) is 6.42 Å². The lowest BCUT2D eigenvalue weighted by molar-refractivity contribution is -0.290. The molecule has 244 valence electrons. The first-order valence-corrected chi connectivity index (χ1v) is 14.9. The summed E-state index contributed by atoms with van der Waals surface area (Å²) in [5.41, 5.74) is 0. The van der Waals surface area contributed by atoms with E-state index < -0.39 is 115 Å². The molecule has 9 unspecified atom stereocenters. The average Bonchev–Trinajstić information content (AvgIpc) is 2.94. The summed E-state index contributed by atoms with van der Waals surface area (Å²) in [5, 5.41) is 92.7. The van der Waals surface area contributed by atoms with Crippen molar-refractivity contribution in [3.05, 3.63) is 11.5 Å². The number of aliphatic hydroxyl groups is 9. The van der Waals surface area contributed by atoms with Crippen molar-refractivity contribution in [2.45, 2.75) is 131 Å². The third-order valence-electron chi connectivity index (χ3n) is 9.46. The third-order valence-corrected chi connectivity index (χ3v) is 9.46. The maximum atomic E-state index is 13.9. The summed E-state index contributed by atoms with van der Waals surface area (Å²) in [6, 6.07) is 0. The molecule has 4 fully saturated rings. The molecule has 9 N–H and O–H groups in total. The summed E-state index contributed by atoms with van der Waals surface area (Å²) in [4.78, 5) is 27.0. The van der Waals surface area contributed by atoms with Gasteiger partial charge in [0.15, 0.2) is 6.10 Å². The normalized spacial score (nSPS) is 49.1. The number of carbonyl (C=O) groups is 2. The van der Waals surface area contributed by atoms with Crippen LogP contribution < -0.4 is 0 Å². The molecule has 1 saturated heterocycles. The van der Waals surface area contributed by atoms with Crippen molar-refractivity contribution in [2.24, 2.45) is 17.8 Å². The average molecular weight is 619 g/mol. The second kappa shape index (κ2) is 12.8. The molecule has 0 bridgehead atoms. The van der Waals surface area contributed by atoms with Crippen LogP contribution in [-0.2, 0) is 28.5 Å². The molecule has 43 heavy (non-hydrogen) atoms. The number of hydrogen-bond donors (Lipinski definition) is 9. The second-order valence-electron chi connectivity index (χ2n) is 12.6. The molecular formula is C28H42O15. The molecule has 0 amide bonds. The zero-order chi connectivity index (χ0) is 31.3. The van der Waals surface area contributed by atoms with Crippen LogP contribution in [0.15, 0.2) is 11.5 Å². The standard InChI is InChI=1S/C28H42O15/c1-9-20(35)23(38)26(42-27(39)11-5-16(33)21(36)17(34)6-11)28(40-9)43-25-22(37)19-15(32)7-12(29)8-18(19)41-24(25)10-2-3-13(30)14(31)4-10/h9-21,23,26,28-36,38H,2-8H2,1H3/t9-,10?,11?,12?,13?,14?,15?,16?,17?,18?,19?,20-,21?,23+,26+,28-/m0/s1. The zero-order valence-electron chi connectivity index (χ0n) is 23.7. The van der Waals surface area contributed by atoms with Crippen molar-refractivity contribution >= 4 is 11.8 Å². The van der Waals surface area contributed by atoms with Gasteiger partial charge in [0.25, 0.3) is 0 Å². The molecule has 0 radical (unpaired) electrons. The number of ether oxygens (including phenoxy) is 4. The fourth-order valence-electron chi connectivity index (χ4n) is 6.88. The highest BCUT2D eigenvalue weighted by Crippen LogP contribution is 2.43. The topological polar surface area (TPSA) is 253 Å². The van der Waals surface area contributed by atoms with E-state index in [0.717, 1.165) is 0 Å². The van der Waals surface area contributed by atoms with E-state index in [4.69, 9.17) is 18.9 Å². The van der Waals surface area contributed by atoms with Crippen LogP contribution in [0, 0.1) is 17.8 Å². The third kappa shape index (κ3) is 6.43. The van der Waals surface area contributed by atoms with Crippen LogP contribution in [0.3, 0.4) is 0 Å². The molecule has 15 heteroatoms. The van der Waals surface area contributed by atoms with Crippen molar-refractivity contribution in [1.29, 1.82) is 0 Å². The summed E-state index contributed by atoms with van der Waals surface area (Å²) >= 11 is 0. The summed E-state index contributed by atoms with van der Waals surface area (Å²) < 4.78 is 23.4.